The number of para-hydroxylation sites is 2. The minimum atomic E-state index is 0.839. The predicted octanol–water partition coefficient (Wildman–Crippen LogP) is 13.4. The van der Waals surface area contributed by atoms with Crippen LogP contribution in [-0.4, -0.2) is 0 Å². The molecule has 0 atom stereocenters. The third-order valence-corrected chi connectivity index (χ3v) is 9.65. The van der Waals surface area contributed by atoms with E-state index in [1.807, 2.05) is 12.1 Å². The molecular formula is C46H29NO2. The summed E-state index contributed by atoms with van der Waals surface area (Å²) in [5, 5.41) is 6.73. The second kappa shape index (κ2) is 11.0. The maximum absolute atomic E-state index is 6.87. The average molecular weight is 628 g/mol. The highest BCUT2D eigenvalue weighted by Gasteiger charge is 2.25. The molecule has 0 radical (unpaired) electrons. The van der Waals surface area contributed by atoms with Gasteiger partial charge in [-0.15, -0.1) is 0 Å². The van der Waals surface area contributed by atoms with E-state index in [-0.39, 0.29) is 0 Å². The van der Waals surface area contributed by atoms with Crippen LogP contribution in [0.25, 0.3) is 76.9 Å². The standard InChI is InChI=1S/C46H29NO2/c1-3-12-30(13-4-1)31-22-24-35(25-23-31)47(41-20-11-19-37-36-18-9-10-21-42(36)48-45(37)41)40-27-26-38-39-28-33-16-7-8-17-34(33)29-43(39)49-46(38)44(40)32-14-5-2-6-15-32/h1-29H. The molecule has 2 heterocycles. The van der Waals surface area contributed by atoms with E-state index in [2.05, 4.69) is 169 Å². The first-order valence-electron chi connectivity index (χ1n) is 16.6. The summed E-state index contributed by atoms with van der Waals surface area (Å²) in [6.07, 6.45) is 0. The zero-order valence-corrected chi connectivity index (χ0v) is 26.5. The third kappa shape index (κ3) is 4.44. The van der Waals surface area contributed by atoms with Crippen LogP contribution in [0.1, 0.15) is 0 Å². The largest absolute Gasteiger partial charge is 0.455 e. The number of fused-ring (bicyclic) bond motifs is 7. The fourth-order valence-corrected chi connectivity index (χ4v) is 7.33. The quantitative estimate of drug-likeness (QED) is 0.190. The van der Waals surface area contributed by atoms with E-state index in [9.17, 15) is 0 Å². The summed E-state index contributed by atoms with van der Waals surface area (Å²) in [6.45, 7) is 0. The summed E-state index contributed by atoms with van der Waals surface area (Å²) in [6, 6.07) is 61.9. The maximum Gasteiger partial charge on any atom is 0.159 e. The summed E-state index contributed by atoms with van der Waals surface area (Å²) in [7, 11) is 0. The summed E-state index contributed by atoms with van der Waals surface area (Å²) in [5.74, 6) is 0. The molecule has 49 heavy (non-hydrogen) atoms. The molecule has 0 bridgehead atoms. The van der Waals surface area contributed by atoms with Crippen molar-refractivity contribution in [3.05, 3.63) is 176 Å². The Morgan fingerprint density at radius 1 is 0.347 bits per heavy atom. The van der Waals surface area contributed by atoms with Crippen LogP contribution >= 0.6 is 0 Å². The summed E-state index contributed by atoms with van der Waals surface area (Å²) < 4.78 is 13.5. The van der Waals surface area contributed by atoms with Crippen molar-refractivity contribution in [2.75, 3.05) is 4.90 Å². The average Bonchev–Trinajstić information content (AvgIpc) is 3.73. The van der Waals surface area contributed by atoms with Crippen LogP contribution in [0.15, 0.2) is 185 Å². The second-order valence-corrected chi connectivity index (χ2v) is 12.5. The van der Waals surface area contributed by atoms with Crippen molar-refractivity contribution in [2.24, 2.45) is 0 Å². The molecule has 10 aromatic rings. The van der Waals surface area contributed by atoms with Crippen LogP contribution < -0.4 is 4.90 Å². The number of hydrogen-bond donors (Lipinski definition) is 0. The van der Waals surface area contributed by atoms with Crippen molar-refractivity contribution < 1.29 is 8.83 Å². The zero-order chi connectivity index (χ0) is 32.3. The fraction of sp³-hybridized carbons (Fsp3) is 0. The van der Waals surface area contributed by atoms with Gasteiger partial charge in [0, 0.05) is 32.8 Å². The van der Waals surface area contributed by atoms with Gasteiger partial charge in [-0.3, -0.25) is 0 Å². The predicted molar refractivity (Wildman–Crippen MR) is 204 cm³/mol. The van der Waals surface area contributed by atoms with Gasteiger partial charge in [0.15, 0.2) is 5.58 Å². The number of anilines is 3. The van der Waals surface area contributed by atoms with Crippen LogP contribution in [0.5, 0.6) is 0 Å². The Labute approximate surface area is 282 Å². The molecule has 0 fully saturated rings. The van der Waals surface area contributed by atoms with Crippen molar-refractivity contribution in [3.8, 4) is 22.3 Å². The normalized spacial score (nSPS) is 11.7. The van der Waals surface area contributed by atoms with Gasteiger partial charge < -0.3 is 13.7 Å². The van der Waals surface area contributed by atoms with Crippen LogP contribution in [0.4, 0.5) is 17.1 Å². The topological polar surface area (TPSA) is 29.5 Å². The van der Waals surface area contributed by atoms with Gasteiger partial charge in [0.25, 0.3) is 0 Å². The first-order valence-corrected chi connectivity index (χ1v) is 16.6. The number of hydrogen-bond acceptors (Lipinski definition) is 3. The molecule has 0 aliphatic carbocycles. The van der Waals surface area contributed by atoms with E-state index in [1.54, 1.807) is 0 Å². The Balaban J connectivity index is 1.28. The smallest absolute Gasteiger partial charge is 0.159 e. The molecule has 2 aromatic heterocycles. The zero-order valence-electron chi connectivity index (χ0n) is 26.5. The van der Waals surface area contributed by atoms with Crippen molar-refractivity contribution in [2.45, 2.75) is 0 Å². The highest BCUT2D eigenvalue weighted by atomic mass is 16.3. The molecule has 0 aliphatic heterocycles. The van der Waals surface area contributed by atoms with E-state index in [1.165, 1.54) is 10.9 Å². The SMILES string of the molecule is c1ccc(-c2ccc(N(c3ccc4c(oc5cc6ccccc6cc54)c3-c3ccccc3)c3cccc4c3oc3ccccc34)cc2)cc1. The van der Waals surface area contributed by atoms with Crippen LogP contribution in [0.3, 0.4) is 0 Å². The van der Waals surface area contributed by atoms with E-state index in [4.69, 9.17) is 8.83 Å². The van der Waals surface area contributed by atoms with Gasteiger partial charge in [0.2, 0.25) is 0 Å². The molecule has 0 N–H and O–H groups in total. The number of rotatable bonds is 5. The monoisotopic (exact) mass is 627 g/mol. The maximum atomic E-state index is 6.87. The Hall–Kier alpha value is -6.58. The van der Waals surface area contributed by atoms with Crippen LogP contribution in [-0.2, 0) is 0 Å². The fourth-order valence-electron chi connectivity index (χ4n) is 7.33. The number of nitrogens with zero attached hydrogens (tertiary/aromatic N) is 1. The van der Waals surface area contributed by atoms with Crippen molar-refractivity contribution in [1.29, 1.82) is 0 Å². The lowest BCUT2D eigenvalue weighted by atomic mass is 9.97. The minimum absolute atomic E-state index is 0.839. The molecule has 8 aromatic carbocycles. The lowest BCUT2D eigenvalue weighted by molar-refractivity contribution is 0.668. The molecule has 230 valence electrons. The molecule has 0 spiro atoms. The molecule has 0 amide bonds. The van der Waals surface area contributed by atoms with E-state index in [0.29, 0.717) is 0 Å². The Bertz CT molecular complexity index is 2810. The molecule has 0 saturated heterocycles. The number of furan rings is 2. The van der Waals surface area contributed by atoms with Crippen LogP contribution in [0.2, 0.25) is 0 Å². The van der Waals surface area contributed by atoms with Crippen molar-refractivity contribution in [1.82, 2.24) is 0 Å². The van der Waals surface area contributed by atoms with Gasteiger partial charge in [-0.2, -0.15) is 0 Å². The van der Waals surface area contributed by atoms with Gasteiger partial charge in [0.05, 0.1) is 11.4 Å². The second-order valence-electron chi connectivity index (χ2n) is 12.5. The Kier molecular flexibility index (Phi) is 6.18. The Morgan fingerprint density at radius 3 is 1.76 bits per heavy atom. The first-order chi connectivity index (χ1) is 24.3. The van der Waals surface area contributed by atoms with Gasteiger partial charge in [-0.05, 0) is 76.0 Å². The molecule has 0 aliphatic rings. The van der Waals surface area contributed by atoms with Gasteiger partial charge in [0.1, 0.15) is 16.7 Å². The summed E-state index contributed by atoms with van der Waals surface area (Å²) in [5.41, 5.74) is 10.9. The third-order valence-electron chi connectivity index (χ3n) is 9.65. The van der Waals surface area contributed by atoms with E-state index >= 15 is 0 Å². The molecule has 0 unspecified atom stereocenters. The highest BCUT2D eigenvalue weighted by Crippen LogP contribution is 2.49. The van der Waals surface area contributed by atoms with Crippen LogP contribution in [0, 0.1) is 0 Å². The van der Waals surface area contributed by atoms with Gasteiger partial charge in [-0.25, -0.2) is 0 Å². The first kappa shape index (κ1) is 27.5. The molecule has 0 saturated carbocycles. The Morgan fingerprint density at radius 2 is 0.959 bits per heavy atom. The molecule has 3 nitrogen and oxygen atoms in total. The van der Waals surface area contributed by atoms with E-state index < -0.39 is 0 Å². The van der Waals surface area contributed by atoms with Gasteiger partial charge in [-0.1, -0.05) is 127 Å². The van der Waals surface area contributed by atoms with Crippen molar-refractivity contribution in [3.63, 3.8) is 0 Å². The molecule has 10 rings (SSSR count). The number of benzene rings is 8. The van der Waals surface area contributed by atoms with Gasteiger partial charge >= 0.3 is 0 Å². The summed E-state index contributed by atoms with van der Waals surface area (Å²) in [4.78, 5) is 2.32. The minimum Gasteiger partial charge on any atom is -0.455 e. The van der Waals surface area contributed by atoms with E-state index in [0.717, 1.165) is 83.0 Å². The lowest BCUT2D eigenvalue weighted by Gasteiger charge is -2.28. The summed E-state index contributed by atoms with van der Waals surface area (Å²) >= 11 is 0. The molecular weight excluding hydrogens is 599 g/mol. The van der Waals surface area contributed by atoms with Crippen molar-refractivity contribution >= 4 is 71.7 Å². The lowest BCUT2D eigenvalue weighted by Crippen LogP contribution is -2.11. The highest BCUT2D eigenvalue weighted by molar-refractivity contribution is 6.17. The molecule has 3 heteroatoms.